The predicted octanol–water partition coefficient (Wildman–Crippen LogP) is 2.90. The maximum atomic E-state index is 4.45. The minimum absolute atomic E-state index is 0. The molecule has 0 radical (unpaired) electrons. The number of rotatable bonds is 1. The van der Waals surface area contributed by atoms with Crippen molar-refractivity contribution in [3.8, 4) is 0 Å². The second kappa shape index (κ2) is 7.32. The van der Waals surface area contributed by atoms with Crippen molar-refractivity contribution in [1.82, 2.24) is 10.3 Å². The topological polar surface area (TPSA) is 28.2 Å². The maximum absolute atomic E-state index is 4.45. The lowest BCUT2D eigenvalue weighted by Gasteiger charge is -2.44. The van der Waals surface area contributed by atoms with Crippen LogP contribution in [0.25, 0.3) is 0 Å². The molecule has 5 heteroatoms. The number of nitrogens with zero attached hydrogens (tertiary/aromatic N) is 2. The zero-order valence-corrected chi connectivity index (χ0v) is 12.8. The standard InChI is InChI=1S/C14H21N3.2ClH/c1-2-8-16-13(3-1)17-11-6-14(7-12-17)4-9-15-10-5-14;;/h1-3,8,15H,4-7,9-12H2;2*1H. The Labute approximate surface area is 128 Å². The fraction of sp³-hybridized carbons (Fsp3) is 0.643. The van der Waals surface area contributed by atoms with Gasteiger partial charge in [-0.2, -0.15) is 0 Å². The molecule has 3 rings (SSSR count). The molecule has 0 bridgehead atoms. The third-order valence-electron chi connectivity index (χ3n) is 4.46. The zero-order valence-electron chi connectivity index (χ0n) is 11.2. The Hall–Kier alpha value is -0.510. The summed E-state index contributed by atoms with van der Waals surface area (Å²) in [5, 5.41) is 3.47. The summed E-state index contributed by atoms with van der Waals surface area (Å²) in [6.07, 6.45) is 7.30. The van der Waals surface area contributed by atoms with Crippen molar-refractivity contribution < 1.29 is 0 Å². The van der Waals surface area contributed by atoms with Gasteiger partial charge in [-0.05, 0) is 56.3 Å². The van der Waals surface area contributed by atoms with E-state index in [1.165, 1.54) is 51.9 Å². The van der Waals surface area contributed by atoms with E-state index in [0.717, 1.165) is 5.82 Å². The molecule has 0 amide bonds. The van der Waals surface area contributed by atoms with Crippen LogP contribution in [0.3, 0.4) is 0 Å². The van der Waals surface area contributed by atoms with E-state index < -0.39 is 0 Å². The molecule has 0 atom stereocenters. The van der Waals surface area contributed by atoms with Gasteiger partial charge in [-0.1, -0.05) is 6.07 Å². The smallest absolute Gasteiger partial charge is 0.128 e. The fourth-order valence-electron chi connectivity index (χ4n) is 3.21. The summed E-state index contributed by atoms with van der Waals surface area (Å²) in [5.74, 6) is 1.15. The summed E-state index contributed by atoms with van der Waals surface area (Å²) in [5.41, 5.74) is 0.635. The van der Waals surface area contributed by atoms with Crippen LogP contribution < -0.4 is 10.2 Å². The fourth-order valence-corrected chi connectivity index (χ4v) is 3.21. The summed E-state index contributed by atoms with van der Waals surface area (Å²) in [4.78, 5) is 6.89. The summed E-state index contributed by atoms with van der Waals surface area (Å²) < 4.78 is 0. The van der Waals surface area contributed by atoms with Crippen molar-refractivity contribution >= 4 is 30.6 Å². The van der Waals surface area contributed by atoms with Crippen LogP contribution in [0.5, 0.6) is 0 Å². The van der Waals surface area contributed by atoms with Crippen LogP contribution in [-0.2, 0) is 0 Å². The van der Waals surface area contributed by atoms with E-state index in [-0.39, 0.29) is 24.8 Å². The van der Waals surface area contributed by atoms with Crippen molar-refractivity contribution in [1.29, 1.82) is 0 Å². The van der Waals surface area contributed by atoms with Gasteiger partial charge in [0.25, 0.3) is 0 Å². The molecule has 1 N–H and O–H groups in total. The first kappa shape index (κ1) is 16.5. The predicted molar refractivity (Wildman–Crippen MR) is 84.7 cm³/mol. The zero-order chi connectivity index (χ0) is 11.6. The minimum Gasteiger partial charge on any atom is -0.357 e. The third-order valence-corrected chi connectivity index (χ3v) is 4.46. The highest BCUT2D eigenvalue weighted by Crippen LogP contribution is 2.40. The van der Waals surface area contributed by atoms with Gasteiger partial charge in [0.2, 0.25) is 0 Å². The Bertz CT molecular complexity index is 356. The average molecular weight is 304 g/mol. The highest BCUT2D eigenvalue weighted by atomic mass is 35.5. The number of nitrogens with one attached hydrogen (secondary N) is 1. The second-order valence-electron chi connectivity index (χ2n) is 5.42. The van der Waals surface area contributed by atoms with Gasteiger partial charge in [-0.25, -0.2) is 4.98 Å². The molecule has 0 aliphatic carbocycles. The molecule has 19 heavy (non-hydrogen) atoms. The molecule has 2 aliphatic rings. The van der Waals surface area contributed by atoms with E-state index in [0.29, 0.717) is 5.41 Å². The Morgan fingerprint density at radius 1 is 1.00 bits per heavy atom. The highest BCUT2D eigenvalue weighted by Gasteiger charge is 2.35. The number of piperidine rings is 2. The van der Waals surface area contributed by atoms with Gasteiger partial charge >= 0.3 is 0 Å². The van der Waals surface area contributed by atoms with Crippen LogP contribution in [-0.4, -0.2) is 31.2 Å². The Morgan fingerprint density at radius 2 is 1.68 bits per heavy atom. The molecule has 2 saturated heterocycles. The van der Waals surface area contributed by atoms with E-state index in [1.54, 1.807) is 0 Å². The molecule has 3 heterocycles. The molecule has 2 fully saturated rings. The van der Waals surface area contributed by atoms with Crippen molar-refractivity contribution in [2.75, 3.05) is 31.1 Å². The largest absolute Gasteiger partial charge is 0.357 e. The van der Waals surface area contributed by atoms with Crippen LogP contribution in [0.4, 0.5) is 5.82 Å². The van der Waals surface area contributed by atoms with Crippen LogP contribution in [0.15, 0.2) is 24.4 Å². The molecule has 0 saturated carbocycles. The lowest BCUT2D eigenvalue weighted by molar-refractivity contribution is 0.154. The first-order valence-electron chi connectivity index (χ1n) is 6.75. The molecule has 3 nitrogen and oxygen atoms in total. The Morgan fingerprint density at radius 3 is 2.26 bits per heavy atom. The normalized spacial score (nSPS) is 21.4. The summed E-state index contributed by atoms with van der Waals surface area (Å²) in [7, 11) is 0. The number of hydrogen-bond donors (Lipinski definition) is 1. The lowest BCUT2D eigenvalue weighted by Crippen LogP contribution is -2.45. The van der Waals surface area contributed by atoms with Gasteiger partial charge in [0.15, 0.2) is 0 Å². The maximum Gasteiger partial charge on any atom is 0.128 e. The minimum atomic E-state index is 0. The number of anilines is 1. The molecule has 2 aliphatic heterocycles. The molecular formula is C14H23Cl2N3. The van der Waals surface area contributed by atoms with Crippen molar-refractivity contribution in [3.63, 3.8) is 0 Å². The summed E-state index contributed by atoms with van der Waals surface area (Å²) in [6.45, 7) is 4.78. The van der Waals surface area contributed by atoms with Gasteiger partial charge in [0, 0.05) is 19.3 Å². The summed E-state index contributed by atoms with van der Waals surface area (Å²) >= 11 is 0. The second-order valence-corrected chi connectivity index (χ2v) is 5.42. The van der Waals surface area contributed by atoms with Crippen molar-refractivity contribution in [2.45, 2.75) is 25.7 Å². The van der Waals surface area contributed by atoms with E-state index in [2.05, 4.69) is 27.3 Å². The van der Waals surface area contributed by atoms with E-state index in [4.69, 9.17) is 0 Å². The van der Waals surface area contributed by atoms with Crippen LogP contribution in [0, 0.1) is 5.41 Å². The monoisotopic (exact) mass is 303 g/mol. The quantitative estimate of drug-likeness (QED) is 0.865. The van der Waals surface area contributed by atoms with Crippen molar-refractivity contribution in [3.05, 3.63) is 24.4 Å². The Kier molecular flexibility index (Phi) is 6.37. The Balaban J connectivity index is 0.000000902. The highest BCUT2D eigenvalue weighted by molar-refractivity contribution is 5.85. The number of aromatic nitrogens is 1. The lowest BCUT2D eigenvalue weighted by atomic mass is 9.71. The third kappa shape index (κ3) is 3.74. The SMILES string of the molecule is Cl.Cl.c1ccc(N2CCC3(CCNCC3)CC2)nc1. The van der Waals surface area contributed by atoms with Crippen LogP contribution in [0.2, 0.25) is 0 Å². The molecule has 0 aromatic carbocycles. The number of hydrogen-bond acceptors (Lipinski definition) is 3. The molecule has 1 aromatic rings. The van der Waals surface area contributed by atoms with Gasteiger partial charge in [-0.3, -0.25) is 0 Å². The van der Waals surface area contributed by atoms with Gasteiger partial charge in [0.1, 0.15) is 5.82 Å². The van der Waals surface area contributed by atoms with Crippen LogP contribution in [0.1, 0.15) is 25.7 Å². The van der Waals surface area contributed by atoms with Gasteiger partial charge in [0.05, 0.1) is 0 Å². The van der Waals surface area contributed by atoms with Gasteiger partial charge < -0.3 is 10.2 Å². The van der Waals surface area contributed by atoms with E-state index in [9.17, 15) is 0 Å². The van der Waals surface area contributed by atoms with Gasteiger partial charge in [-0.15, -0.1) is 24.8 Å². The molecule has 1 spiro atoms. The molecule has 0 unspecified atom stereocenters. The van der Waals surface area contributed by atoms with E-state index >= 15 is 0 Å². The number of pyridine rings is 1. The molecule has 1 aromatic heterocycles. The van der Waals surface area contributed by atoms with Crippen LogP contribution >= 0.6 is 24.8 Å². The van der Waals surface area contributed by atoms with E-state index in [1.807, 2.05) is 12.3 Å². The first-order chi connectivity index (χ1) is 8.38. The molecule has 108 valence electrons. The average Bonchev–Trinajstić information content (AvgIpc) is 2.42. The van der Waals surface area contributed by atoms with Crippen molar-refractivity contribution in [2.24, 2.45) is 5.41 Å². The summed E-state index contributed by atoms with van der Waals surface area (Å²) in [6, 6.07) is 6.19. The molecular weight excluding hydrogens is 281 g/mol. The number of halogens is 2. The first-order valence-corrected chi connectivity index (χ1v) is 6.75.